The molecule has 1 aromatic carbocycles. The lowest BCUT2D eigenvalue weighted by Gasteiger charge is -2.22. The van der Waals surface area contributed by atoms with Crippen molar-refractivity contribution in [1.82, 2.24) is 16.0 Å². The quantitative estimate of drug-likeness (QED) is 0.522. The highest BCUT2D eigenvalue weighted by Crippen LogP contribution is 2.20. The number of fused-ring (bicyclic) bond motifs is 1. The molecule has 1 unspecified atom stereocenters. The summed E-state index contributed by atoms with van der Waals surface area (Å²) in [6.45, 7) is 1.32. The fraction of sp³-hybridized carbons (Fsp3) is 0.333. The Labute approximate surface area is 126 Å². The number of piperidine rings is 1. The van der Waals surface area contributed by atoms with Crippen LogP contribution in [0.1, 0.15) is 44.7 Å². The van der Waals surface area contributed by atoms with Crippen molar-refractivity contribution >= 4 is 24.0 Å². The number of carbonyl (C=O) groups excluding carboxylic acids is 4. The lowest BCUT2D eigenvalue weighted by atomic mass is 9.99. The van der Waals surface area contributed by atoms with Crippen molar-refractivity contribution < 1.29 is 19.2 Å². The molecule has 3 amide bonds. The van der Waals surface area contributed by atoms with E-state index in [0.717, 1.165) is 11.1 Å². The molecule has 114 valence electrons. The fourth-order valence-corrected chi connectivity index (χ4v) is 2.73. The average molecular weight is 301 g/mol. The second-order valence-corrected chi connectivity index (χ2v) is 5.41. The summed E-state index contributed by atoms with van der Waals surface area (Å²) in [5.74, 6) is -1.33. The molecule has 0 aliphatic carbocycles. The standard InChI is InChI=1S/C15H15N3O4/c19-7-10-3-8-5-16-6-9(8)4-11(10)14(21)17-12-1-2-13(20)18-15(12)22/h3-4,7,12,16H,1-2,5-6H2,(H,17,21)(H,18,20,22). The Morgan fingerprint density at radius 2 is 1.95 bits per heavy atom. The molecule has 0 radical (unpaired) electrons. The summed E-state index contributed by atoms with van der Waals surface area (Å²) in [7, 11) is 0. The molecule has 0 bridgehead atoms. The van der Waals surface area contributed by atoms with Gasteiger partial charge in [-0.05, 0) is 29.7 Å². The third-order valence-electron chi connectivity index (χ3n) is 3.92. The van der Waals surface area contributed by atoms with Crippen molar-refractivity contribution in [1.29, 1.82) is 0 Å². The Morgan fingerprint density at radius 3 is 2.64 bits per heavy atom. The smallest absolute Gasteiger partial charge is 0.252 e. The molecule has 22 heavy (non-hydrogen) atoms. The van der Waals surface area contributed by atoms with Crippen LogP contribution in [0.25, 0.3) is 0 Å². The van der Waals surface area contributed by atoms with E-state index in [-0.39, 0.29) is 24.3 Å². The number of amides is 3. The lowest BCUT2D eigenvalue weighted by Crippen LogP contribution is -2.52. The van der Waals surface area contributed by atoms with E-state index >= 15 is 0 Å². The number of rotatable bonds is 3. The number of nitrogens with one attached hydrogen (secondary N) is 3. The van der Waals surface area contributed by atoms with Crippen molar-refractivity contribution in [2.24, 2.45) is 0 Å². The minimum absolute atomic E-state index is 0.186. The summed E-state index contributed by atoms with van der Waals surface area (Å²) >= 11 is 0. The average Bonchev–Trinajstić information content (AvgIpc) is 2.95. The SMILES string of the molecule is O=Cc1cc2c(cc1C(=O)NC1CCC(=O)NC1=O)CNC2. The summed E-state index contributed by atoms with van der Waals surface area (Å²) in [5, 5.41) is 7.92. The zero-order chi connectivity index (χ0) is 15.7. The van der Waals surface area contributed by atoms with Crippen molar-refractivity contribution in [3.05, 3.63) is 34.4 Å². The van der Waals surface area contributed by atoms with E-state index in [1.54, 1.807) is 12.1 Å². The highest BCUT2D eigenvalue weighted by atomic mass is 16.2. The lowest BCUT2D eigenvalue weighted by molar-refractivity contribution is -0.134. The van der Waals surface area contributed by atoms with Crippen molar-refractivity contribution in [2.75, 3.05) is 0 Å². The second kappa shape index (κ2) is 5.69. The van der Waals surface area contributed by atoms with Gasteiger partial charge in [0.2, 0.25) is 11.8 Å². The molecule has 1 saturated heterocycles. The van der Waals surface area contributed by atoms with Crippen LogP contribution in [0, 0.1) is 0 Å². The number of benzene rings is 1. The van der Waals surface area contributed by atoms with E-state index in [1.165, 1.54) is 0 Å². The highest BCUT2D eigenvalue weighted by Gasteiger charge is 2.29. The molecule has 0 saturated carbocycles. The molecule has 1 fully saturated rings. The van der Waals surface area contributed by atoms with Gasteiger partial charge >= 0.3 is 0 Å². The van der Waals surface area contributed by atoms with Gasteiger partial charge in [-0.3, -0.25) is 24.5 Å². The van der Waals surface area contributed by atoms with Gasteiger partial charge in [-0.25, -0.2) is 0 Å². The van der Waals surface area contributed by atoms with Crippen molar-refractivity contribution in [3.63, 3.8) is 0 Å². The third kappa shape index (κ3) is 2.62. The molecule has 1 atom stereocenters. The van der Waals surface area contributed by atoms with Crippen LogP contribution < -0.4 is 16.0 Å². The van der Waals surface area contributed by atoms with E-state index in [9.17, 15) is 19.2 Å². The molecule has 3 rings (SSSR count). The van der Waals surface area contributed by atoms with Gasteiger partial charge in [0.15, 0.2) is 6.29 Å². The van der Waals surface area contributed by atoms with Crippen molar-refractivity contribution in [2.45, 2.75) is 32.0 Å². The van der Waals surface area contributed by atoms with Gasteiger partial charge < -0.3 is 10.6 Å². The van der Waals surface area contributed by atoms with Crippen LogP contribution >= 0.6 is 0 Å². The molecular formula is C15H15N3O4. The molecule has 2 aliphatic rings. The van der Waals surface area contributed by atoms with Gasteiger partial charge in [-0.1, -0.05) is 0 Å². The maximum Gasteiger partial charge on any atom is 0.252 e. The molecule has 7 heteroatoms. The third-order valence-corrected chi connectivity index (χ3v) is 3.92. The Hall–Kier alpha value is -2.54. The summed E-state index contributed by atoms with van der Waals surface area (Å²) in [5.41, 5.74) is 2.52. The first-order valence-corrected chi connectivity index (χ1v) is 7.04. The van der Waals surface area contributed by atoms with Crippen LogP contribution in [0.15, 0.2) is 12.1 Å². The summed E-state index contributed by atoms with van der Waals surface area (Å²) in [6, 6.07) is 2.62. The topological polar surface area (TPSA) is 104 Å². The normalized spacial score (nSPS) is 20.3. The molecule has 2 aliphatic heterocycles. The van der Waals surface area contributed by atoms with E-state index in [2.05, 4.69) is 16.0 Å². The molecule has 1 aromatic rings. The van der Waals surface area contributed by atoms with Crippen LogP contribution in [0.2, 0.25) is 0 Å². The van der Waals surface area contributed by atoms with Gasteiger partial charge in [-0.15, -0.1) is 0 Å². The Kier molecular flexibility index (Phi) is 3.72. The molecule has 7 nitrogen and oxygen atoms in total. The minimum atomic E-state index is -0.754. The zero-order valence-electron chi connectivity index (χ0n) is 11.8. The fourth-order valence-electron chi connectivity index (χ4n) is 2.73. The first-order chi connectivity index (χ1) is 10.6. The van der Waals surface area contributed by atoms with Crippen molar-refractivity contribution in [3.8, 4) is 0 Å². The minimum Gasteiger partial charge on any atom is -0.340 e. The van der Waals surface area contributed by atoms with Crippen LogP contribution in [0.5, 0.6) is 0 Å². The van der Waals surface area contributed by atoms with E-state index in [1.807, 2.05) is 0 Å². The number of hydrogen-bond donors (Lipinski definition) is 3. The largest absolute Gasteiger partial charge is 0.340 e. The Balaban J connectivity index is 1.82. The van der Waals surface area contributed by atoms with Gasteiger partial charge in [-0.2, -0.15) is 0 Å². The number of carbonyl (C=O) groups is 4. The van der Waals surface area contributed by atoms with E-state index in [4.69, 9.17) is 0 Å². The number of hydrogen-bond acceptors (Lipinski definition) is 5. The molecule has 2 heterocycles. The first-order valence-electron chi connectivity index (χ1n) is 7.04. The molecule has 0 spiro atoms. The number of aldehydes is 1. The van der Waals surface area contributed by atoms with E-state index < -0.39 is 17.9 Å². The van der Waals surface area contributed by atoms with Gasteiger partial charge in [0.1, 0.15) is 6.04 Å². The van der Waals surface area contributed by atoms with E-state index in [0.29, 0.717) is 24.9 Å². The highest BCUT2D eigenvalue weighted by molar-refractivity contribution is 6.06. The second-order valence-electron chi connectivity index (χ2n) is 5.41. The zero-order valence-corrected chi connectivity index (χ0v) is 11.8. The van der Waals surface area contributed by atoms with Crippen LogP contribution in [0.3, 0.4) is 0 Å². The maximum absolute atomic E-state index is 12.4. The predicted molar refractivity (Wildman–Crippen MR) is 76.0 cm³/mol. The Bertz CT molecular complexity index is 684. The number of imide groups is 1. The molecule has 3 N–H and O–H groups in total. The van der Waals surface area contributed by atoms with Crippen LogP contribution in [-0.2, 0) is 22.7 Å². The Morgan fingerprint density at radius 1 is 1.23 bits per heavy atom. The van der Waals surface area contributed by atoms with Gasteiger partial charge in [0.25, 0.3) is 5.91 Å². The van der Waals surface area contributed by atoms with Crippen LogP contribution in [0.4, 0.5) is 0 Å². The summed E-state index contributed by atoms with van der Waals surface area (Å²) < 4.78 is 0. The first kappa shape index (κ1) is 14.4. The molecular weight excluding hydrogens is 286 g/mol. The van der Waals surface area contributed by atoms with Crippen LogP contribution in [-0.4, -0.2) is 30.0 Å². The summed E-state index contributed by atoms with van der Waals surface area (Å²) in [6.07, 6.45) is 1.09. The summed E-state index contributed by atoms with van der Waals surface area (Å²) in [4.78, 5) is 46.4. The van der Waals surface area contributed by atoms with Gasteiger partial charge in [0, 0.05) is 25.1 Å². The predicted octanol–water partition coefficient (Wildman–Crippen LogP) is -0.363. The molecule has 0 aromatic heterocycles. The van der Waals surface area contributed by atoms with Gasteiger partial charge in [0.05, 0.1) is 5.56 Å². The maximum atomic E-state index is 12.4. The monoisotopic (exact) mass is 301 g/mol.